The highest BCUT2D eigenvalue weighted by Gasteiger charge is 2.21. The lowest BCUT2D eigenvalue weighted by Gasteiger charge is -2.13. The number of thiazole rings is 1. The number of aryl methyl sites for hydroxylation is 2. The van der Waals surface area contributed by atoms with Crippen LogP contribution in [0.4, 0.5) is 9.93 Å². The summed E-state index contributed by atoms with van der Waals surface area (Å²) in [6.07, 6.45) is 5.20. The molecule has 110 valence electrons. The van der Waals surface area contributed by atoms with Crippen LogP contribution in [0.2, 0.25) is 0 Å². The minimum atomic E-state index is -1.00. The van der Waals surface area contributed by atoms with E-state index in [9.17, 15) is 9.59 Å². The summed E-state index contributed by atoms with van der Waals surface area (Å²) in [6.45, 7) is 1.98. The van der Waals surface area contributed by atoms with Crippen molar-refractivity contribution < 1.29 is 14.7 Å². The Labute approximate surface area is 121 Å². The highest BCUT2D eigenvalue weighted by Crippen LogP contribution is 2.30. The number of amides is 2. The first-order valence-corrected chi connectivity index (χ1v) is 7.70. The van der Waals surface area contributed by atoms with Crippen molar-refractivity contribution in [3.63, 3.8) is 0 Å². The minimum absolute atomic E-state index is 0.438. The van der Waals surface area contributed by atoms with Crippen LogP contribution in [0.3, 0.4) is 0 Å². The zero-order valence-electron chi connectivity index (χ0n) is 11.4. The van der Waals surface area contributed by atoms with Gasteiger partial charge in [-0.15, -0.1) is 11.3 Å². The summed E-state index contributed by atoms with van der Waals surface area (Å²) in [6, 6.07) is -1.34. The number of urea groups is 1. The molecule has 2 rings (SSSR count). The fourth-order valence-electron chi connectivity index (χ4n) is 2.20. The molecule has 1 unspecified atom stereocenters. The van der Waals surface area contributed by atoms with Crippen LogP contribution in [0.25, 0.3) is 0 Å². The molecule has 1 aromatic rings. The van der Waals surface area contributed by atoms with Gasteiger partial charge >= 0.3 is 12.0 Å². The number of unbranched alkanes of at least 4 members (excludes halogenated alkanes) is 1. The molecular formula is C13H19N3O3S. The third-order valence-electron chi connectivity index (χ3n) is 3.27. The normalized spacial score (nSPS) is 14.7. The van der Waals surface area contributed by atoms with Gasteiger partial charge in [-0.05, 0) is 25.7 Å². The van der Waals surface area contributed by atoms with Gasteiger partial charge in [0.1, 0.15) is 6.04 Å². The number of carbonyl (C=O) groups is 2. The minimum Gasteiger partial charge on any atom is -0.480 e. The first kappa shape index (κ1) is 14.8. The molecule has 3 N–H and O–H groups in total. The zero-order valence-corrected chi connectivity index (χ0v) is 12.3. The van der Waals surface area contributed by atoms with Crippen LogP contribution in [-0.4, -0.2) is 28.1 Å². The first-order chi connectivity index (χ1) is 9.60. The van der Waals surface area contributed by atoms with E-state index in [0.717, 1.165) is 37.8 Å². The van der Waals surface area contributed by atoms with Crippen LogP contribution in [0.1, 0.15) is 43.2 Å². The second-order valence-corrected chi connectivity index (χ2v) is 5.96. The highest BCUT2D eigenvalue weighted by atomic mass is 32.1. The molecule has 0 saturated heterocycles. The number of nitrogens with zero attached hydrogens (tertiary/aromatic N) is 1. The summed E-state index contributed by atoms with van der Waals surface area (Å²) in [5.41, 5.74) is 1.06. The van der Waals surface area contributed by atoms with Crippen molar-refractivity contribution in [3.05, 3.63) is 10.6 Å². The SMILES string of the molecule is CCCCC(NC(=O)Nc1nc2c(s1)CCC2)C(=O)O. The Morgan fingerprint density at radius 1 is 1.45 bits per heavy atom. The van der Waals surface area contributed by atoms with Crippen LogP contribution in [0.15, 0.2) is 0 Å². The number of aromatic nitrogens is 1. The molecule has 0 aliphatic heterocycles. The molecule has 0 bridgehead atoms. The van der Waals surface area contributed by atoms with Gasteiger partial charge in [0, 0.05) is 4.88 Å². The standard InChI is InChI=1S/C13H19N3O3S/c1-2-3-5-9(11(17)18)14-12(19)16-13-15-8-6-4-7-10(8)20-13/h9H,2-7H2,1H3,(H,17,18)(H2,14,15,16,19). The number of nitrogens with one attached hydrogen (secondary N) is 2. The van der Waals surface area contributed by atoms with E-state index in [2.05, 4.69) is 15.6 Å². The Hall–Kier alpha value is -1.63. The fourth-order valence-corrected chi connectivity index (χ4v) is 3.25. The quantitative estimate of drug-likeness (QED) is 0.752. The Morgan fingerprint density at radius 3 is 2.90 bits per heavy atom. The van der Waals surface area contributed by atoms with Crippen molar-refractivity contribution in [3.8, 4) is 0 Å². The molecule has 0 saturated carbocycles. The van der Waals surface area contributed by atoms with Gasteiger partial charge in [-0.3, -0.25) is 5.32 Å². The van der Waals surface area contributed by atoms with E-state index in [1.54, 1.807) is 0 Å². The molecule has 0 aromatic carbocycles. The van der Waals surface area contributed by atoms with E-state index in [0.29, 0.717) is 11.6 Å². The van der Waals surface area contributed by atoms with Gasteiger partial charge in [0.25, 0.3) is 0 Å². The summed E-state index contributed by atoms with van der Waals surface area (Å²) in [5, 5.41) is 14.7. The third kappa shape index (κ3) is 3.69. The number of anilines is 1. The van der Waals surface area contributed by atoms with E-state index in [1.165, 1.54) is 16.2 Å². The molecule has 1 aliphatic rings. The topological polar surface area (TPSA) is 91.3 Å². The van der Waals surface area contributed by atoms with Gasteiger partial charge in [-0.25, -0.2) is 14.6 Å². The number of carboxylic acid groups (broad SMARTS) is 1. The Balaban J connectivity index is 1.88. The smallest absolute Gasteiger partial charge is 0.326 e. The number of fused-ring (bicyclic) bond motifs is 1. The largest absolute Gasteiger partial charge is 0.480 e. The molecular weight excluding hydrogens is 278 g/mol. The lowest BCUT2D eigenvalue weighted by atomic mass is 10.1. The first-order valence-electron chi connectivity index (χ1n) is 6.89. The van der Waals surface area contributed by atoms with Gasteiger partial charge in [-0.2, -0.15) is 0 Å². The monoisotopic (exact) mass is 297 g/mol. The molecule has 0 fully saturated rings. The van der Waals surface area contributed by atoms with Gasteiger partial charge in [0.2, 0.25) is 0 Å². The predicted molar refractivity (Wildman–Crippen MR) is 77.2 cm³/mol. The maximum atomic E-state index is 11.8. The van der Waals surface area contributed by atoms with Crippen molar-refractivity contribution in [1.82, 2.24) is 10.3 Å². The van der Waals surface area contributed by atoms with Gasteiger partial charge in [0.15, 0.2) is 5.13 Å². The molecule has 2 amide bonds. The predicted octanol–water partition coefficient (Wildman–Crippen LogP) is 2.40. The van der Waals surface area contributed by atoms with Crippen LogP contribution < -0.4 is 10.6 Å². The highest BCUT2D eigenvalue weighted by molar-refractivity contribution is 7.15. The molecule has 1 heterocycles. The van der Waals surface area contributed by atoms with Crippen LogP contribution in [-0.2, 0) is 17.6 Å². The van der Waals surface area contributed by atoms with Crippen LogP contribution >= 0.6 is 11.3 Å². The molecule has 0 spiro atoms. The van der Waals surface area contributed by atoms with Crippen molar-refractivity contribution in [2.24, 2.45) is 0 Å². The molecule has 20 heavy (non-hydrogen) atoms. The second kappa shape index (κ2) is 6.69. The van der Waals surface area contributed by atoms with Crippen molar-refractivity contribution in [2.45, 2.75) is 51.5 Å². The lowest BCUT2D eigenvalue weighted by Crippen LogP contribution is -2.42. The number of hydrogen-bond acceptors (Lipinski definition) is 4. The summed E-state index contributed by atoms with van der Waals surface area (Å²) in [4.78, 5) is 28.4. The molecule has 1 aromatic heterocycles. The Morgan fingerprint density at radius 2 is 2.25 bits per heavy atom. The average molecular weight is 297 g/mol. The number of rotatable bonds is 6. The number of carbonyl (C=O) groups excluding carboxylic acids is 1. The summed E-state index contributed by atoms with van der Waals surface area (Å²) in [5.74, 6) is -1.00. The molecule has 1 atom stereocenters. The fraction of sp³-hybridized carbons (Fsp3) is 0.615. The third-order valence-corrected chi connectivity index (χ3v) is 4.34. The summed E-state index contributed by atoms with van der Waals surface area (Å²) < 4.78 is 0. The Bertz CT molecular complexity index is 480. The zero-order chi connectivity index (χ0) is 14.5. The average Bonchev–Trinajstić information content (AvgIpc) is 2.94. The van der Waals surface area contributed by atoms with Crippen molar-refractivity contribution >= 4 is 28.5 Å². The molecule has 6 nitrogen and oxygen atoms in total. The van der Waals surface area contributed by atoms with E-state index in [4.69, 9.17) is 5.11 Å². The van der Waals surface area contributed by atoms with Crippen molar-refractivity contribution in [2.75, 3.05) is 5.32 Å². The maximum absolute atomic E-state index is 11.8. The maximum Gasteiger partial charge on any atom is 0.326 e. The van der Waals surface area contributed by atoms with Gasteiger partial charge in [0.05, 0.1) is 5.69 Å². The molecule has 0 radical (unpaired) electrons. The van der Waals surface area contributed by atoms with Gasteiger partial charge in [-0.1, -0.05) is 19.8 Å². The number of hydrogen-bond donors (Lipinski definition) is 3. The number of carboxylic acids is 1. The van der Waals surface area contributed by atoms with E-state index < -0.39 is 18.0 Å². The van der Waals surface area contributed by atoms with Gasteiger partial charge < -0.3 is 10.4 Å². The summed E-state index contributed by atoms with van der Waals surface area (Å²) >= 11 is 1.47. The second-order valence-electron chi connectivity index (χ2n) is 4.87. The molecule has 1 aliphatic carbocycles. The lowest BCUT2D eigenvalue weighted by molar-refractivity contribution is -0.139. The number of aliphatic carboxylic acids is 1. The van der Waals surface area contributed by atoms with E-state index >= 15 is 0 Å². The van der Waals surface area contributed by atoms with E-state index in [1.807, 2.05) is 6.92 Å². The Kier molecular flexibility index (Phi) is 4.94. The van der Waals surface area contributed by atoms with Crippen LogP contribution in [0, 0.1) is 0 Å². The van der Waals surface area contributed by atoms with E-state index in [-0.39, 0.29) is 0 Å². The van der Waals surface area contributed by atoms with Crippen LogP contribution in [0.5, 0.6) is 0 Å². The molecule has 7 heteroatoms. The summed E-state index contributed by atoms with van der Waals surface area (Å²) in [7, 11) is 0. The van der Waals surface area contributed by atoms with Crippen molar-refractivity contribution in [1.29, 1.82) is 0 Å².